The summed E-state index contributed by atoms with van der Waals surface area (Å²) in [5.74, 6) is 0.933. The van der Waals surface area contributed by atoms with Crippen molar-refractivity contribution < 1.29 is 9.47 Å². The van der Waals surface area contributed by atoms with Gasteiger partial charge in [0.15, 0.2) is 0 Å². The summed E-state index contributed by atoms with van der Waals surface area (Å²) in [5.41, 5.74) is 3.37. The largest absolute Gasteiger partial charge is 0.490 e. The molecule has 1 aromatic heterocycles. The van der Waals surface area contributed by atoms with Crippen LogP contribution in [0.2, 0.25) is 0 Å². The van der Waals surface area contributed by atoms with Crippen molar-refractivity contribution in [3.8, 4) is 16.3 Å². The topological polar surface area (TPSA) is 49.9 Å². The Balaban J connectivity index is 1.09. The third kappa shape index (κ3) is 5.66. The van der Waals surface area contributed by atoms with Crippen molar-refractivity contribution in [1.82, 2.24) is 15.2 Å². The number of thiazole rings is 1. The van der Waals surface area contributed by atoms with Crippen molar-refractivity contribution in [3.05, 3.63) is 42.5 Å². The number of nitrogens with one attached hydrogen (secondary N) is 1. The molecule has 2 aliphatic rings. The van der Waals surface area contributed by atoms with Crippen LogP contribution in [0.4, 0.5) is 5.69 Å². The Morgan fingerprint density at radius 3 is 2.61 bits per heavy atom. The minimum absolute atomic E-state index is 0.256. The van der Waals surface area contributed by atoms with Crippen molar-refractivity contribution >= 4 is 27.2 Å². The molecule has 5 rings (SSSR count). The summed E-state index contributed by atoms with van der Waals surface area (Å²) in [6, 6.07) is 14.8. The van der Waals surface area contributed by atoms with E-state index in [-0.39, 0.29) is 6.10 Å². The number of aromatic nitrogens is 1. The minimum atomic E-state index is 0.256. The molecule has 7 heteroatoms. The summed E-state index contributed by atoms with van der Waals surface area (Å²) in [4.78, 5) is 9.45. The molecule has 1 N–H and O–H groups in total. The Morgan fingerprint density at radius 2 is 1.85 bits per heavy atom. The molecule has 3 aromatic rings. The molecule has 176 valence electrons. The number of anilines is 1. The second-order valence-corrected chi connectivity index (χ2v) is 10.3. The van der Waals surface area contributed by atoms with Crippen LogP contribution in [0.25, 0.3) is 20.8 Å². The van der Waals surface area contributed by atoms with Crippen LogP contribution in [-0.4, -0.2) is 75.5 Å². The zero-order valence-electron chi connectivity index (χ0n) is 19.6. The first kappa shape index (κ1) is 22.6. The fourth-order valence-electron chi connectivity index (χ4n) is 4.42. The first-order valence-electron chi connectivity index (χ1n) is 12.0. The molecule has 6 nitrogen and oxygen atoms in total. The molecule has 1 saturated carbocycles. The second-order valence-electron chi connectivity index (χ2n) is 9.24. The summed E-state index contributed by atoms with van der Waals surface area (Å²) in [5, 5.41) is 4.45. The van der Waals surface area contributed by atoms with Crippen LogP contribution in [0.15, 0.2) is 42.5 Å². The van der Waals surface area contributed by atoms with E-state index in [0.717, 1.165) is 80.4 Å². The lowest BCUT2D eigenvalue weighted by Gasteiger charge is -2.35. The standard InChI is InChI=1S/C26H34N4O2S/c1-29(2)20-6-4-19(5-7-20)26-28-24-9-8-21(18-25(24)33-26)32-23-16-22(17-23)31-15-3-12-30-13-10-27-11-14-30/h4-9,18,22-23,27H,3,10-17H2,1-2H3. The minimum Gasteiger partial charge on any atom is -0.490 e. The number of hydrogen-bond acceptors (Lipinski definition) is 7. The molecular weight excluding hydrogens is 432 g/mol. The molecule has 2 heterocycles. The fraction of sp³-hybridized carbons (Fsp3) is 0.500. The molecule has 0 spiro atoms. The van der Waals surface area contributed by atoms with E-state index in [1.807, 2.05) is 6.07 Å². The van der Waals surface area contributed by atoms with Gasteiger partial charge in [0, 0.05) is 77.5 Å². The number of rotatable bonds is 9. The summed E-state index contributed by atoms with van der Waals surface area (Å²) < 4.78 is 13.4. The molecule has 1 saturated heterocycles. The predicted molar refractivity (Wildman–Crippen MR) is 137 cm³/mol. The van der Waals surface area contributed by atoms with Crippen molar-refractivity contribution in [2.24, 2.45) is 0 Å². The molecule has 0 unspecified atom stereocenters. The maximum atomic E-state index is 6.23. The van der Waals surface area contributed by atoms with Gasteiger partial charge >= 0.3 is 0 Å². The molecule has 0 amide bonds. The third-order valence-corrected chi connectivity index (χ3v) is 7.59. The summed E-state index contributed by atoms with van der Waals surface area (Å²) in [6.45, 7) is 6.54. The van der Waals surface area contributed by atoms with E-state index in [4.69, 9.17) is 14.5 Å². The first-order chi connectivity index (χ1) is 16.1. The van der Waals surface area contributed by atoms with E-state index in [1.54, 1.807) is 11.3 Å². The number of ether oxygens (including phenoxy) is 2. The molecule has 2 aromatic carbocycles. The summed E-state index contributed by atoms with van der Waals surface area (Å²) in [6.07, 6.45) is 3.69. The highest BCUT2D eigenvalue weighted by Gasteiger charge is 2.31. The van der Waals surface area contributed by atoms with Crippen LogP contribution in [0.1, 0.15) is 19.3 Å². The van der Waals surface area contributed by atoms with Gasteiger partial charge in [-0.15, -0.1) is 11.3 Å². The predicted octanol–water partition coefficient (Wildman–Crippen LogP) is 4.25. The Morgan fingerprint density at radius 1 is 1.06 bits per heavy atom. The van der Waals surface area contributed by atoms with E-state index in [9.17, 15) is 0 Å². The highest BCUT2D eigenvalue weighted by molar-refractivity contribution is 7.21. The Bertz CT molecular complexity index is 1040. The first-order valence-corrected chi connectivity index (χ1v) is 12.9. The van der Waals surface area contributed by atoms with Crippen molar-refractivity contribution in [2.45, 2.75) is 31.5 Å². The monoisotopic (exact) mass is 466 g/mol. The lowest BCUT2D eigenvalue weighted by atomic mass is 9.92. The summed E-state index contributed by atoms with van der Waals surface area (Å²) in [7, 11) is 4.11. The normalized spacial score (nSPS) is 21.2. The van der Waals surface area contributed by atoms with Gasteiger partial charge in [-0.3, -0.25) is 0 Å². The van der Waals surface area contributed by atoms with Gasteiger partial charge in [0.1, 0.15) is 16.9 Å². The Kier molecular flexibility index (Phi) is 7.11. The molecule has 2 fully saturated rings. The van der Waals surface area contributed by atoms with Crippen LogP contribution in [0.5, 0.6) is 5.75 Å². The number of fused-ring (bicyclic) bond motifs is 1. The number of nitrogens with zero attached hydrogens (tertiary/aromatic N) is 3. The van der Waals surface area contributed by atoms with Crippen LogP contribution in [-0.2, 0) is 4.74 Å². The smallest absolute Gasteiger partial charge is 0.124 e. The molecule has 1 aliphatic carbocycles. The van der Waals surface area contributed by atoms with Crippen molar-refractivity contribution in [2.75, 3.05) is 58.3 Å². The van der Waals surface area contributed by atoms with E-state index in [2.05, 4.69) is 65.6 Å². The maximum absolute atomic E-state index is 6.23. The van der Waals surface area contributed by atoms with Gasteiger partial charge in [-0.2, -0.15) is 0 Å². The average Bonchev–Trinajstić information content (AvgIpc) is 3.24. The van der Waals surface area contributed by atoms with Gasteiger partial charge in [-0.1, -0.05) is 0 Å². The van der Waals surface area contributed by atoms with Gasteiger partial charge in [-0.05, 0) is 48.9 Å². The van der Waals surface area contributed by atoms with Crippen LogP contribution in [0, 0.1) is 0 Å². The zero-order valence-corrected chi connectivity index (χ0v) is 20.4. The third-order valence-electron chi connectivity index (χ3n) is 6.53. The number of hydrogen-bond donors (Lipinski definition) is 1. The molecule has 1 aliphatic heterocycles. The van der Waals surface area contributed by atoms with E-state index < -0.39 is 0 Å². The summed E-state index contributed by atoms with van der Waals surface area (Å²) >= 11 is 1.72. The van der Waals surface area contributed by atoms with E-state index in [0.29, 0.717) is 6.10 Å². The van der Waals surface area contributed by atoms with Crippen LogP contribution < -0.4 is 15.0 Å². The number of benzene rings is 2. The van der Waals surface area contributed by atoms with Gasteiger partial charge in [0.05, 0.1) is 16.3 Å². The quantitative estimate of drug-likeness (QED) is 0.476. The highest BCUT2D eigenvalue weighted by Crippen LogP contribution is 2.35. The zero-order chi connectivity index (χ0) is 22.6. The van der Waals surface area contributed by atoms with Gasteiger partial charge in [0.25, 0.3) is 0 Å². The molecule has 0 bridgehead atoms. The molecule has 0 radical (unpaired) electrons. The van der Waals surface area contributed by atoms with Gasteiger partial charge in [0.2, 0.25) is 0 Å². The van der Waals surface area contributed by atoms with Gasteiger partial charge < -0.3 is 24.6 Å². The lowest BCUT2D eigenvalue weighted by Crippen LogP contribution is -2.44. The van der Waals surface area contributed by atoms with E-state index in [1.165, 1.54) is 10.4 Å². The van der Waals surface area contributed by atoms with Gasteiger partial charge in [-0.25, -0.2) is 4.98 Å². The highest BCUT2D eigenvalue weighted by atomic mass is 32.1. The number of piperazine rings is 1. The Hall–Kier alpha value is -2.19. The van der Waals surface area contributed by atoms with E-state index >= 15 is 0 Å². The molecular formula is C26H34N4O2S. The van der Waals surface area contributed by atoms with Crippen molar-refractivity contribution in [3.63, 3.8) is 0 Å². The Labute approximate surface area is 200 Å². The maximum Gasteiger partial charge on any atom is 0.124 e. The lowest BCUT2D eigenvalue weighted by molar-refractivity contribution is -0.0624. The fourth-order valence-corrected chi connectivity index (χ4v) is 5.42. The van der Waals surface area contributed by atoms with Crippen LogP contribution >= 0.6 is 11.3 Å². The second kappa shape index (κ2) is 10.4. The SMILES string of the molecule is CN(C)c1ccc(-c2nc3ccc(OC4CC(OCCCN5CCNCC5)C4)cc3s2)cc1. The molecule has 33 heavy (non-hydrogen) atoms. The van der Waals surface area contributed by atoms with Crippen molar-refractivity contribution in [1.29, 1.82) is 0 Å². The van der Waals surface area contributed by atoms with Crippen LogP contribution in [0.3, 0.4) is 0 Å². The molecule has 0 atom stereocenters. The average molecular weight is 467 g/mol.